The third-order valence-electron chi connectivity index (χ3n) is 4.85. The molecule has 28 heavy (non-hydrogen) atoms. The molecule has 0 radical (unpaired) electrons. The van der Waals surface area contributed by atoms with Crippen molar-refractivity contribution in [2.24, 2.45) is 0 Å². The average molecular weight is 392 g/mol. The standard InChI is InChI=1S/C21H19F3O4/c1-3-4-5-6-12-10-14-13(9-11(12)2)7-8-15-16(14)18(25)17(20(27)28-15)19(26)21(22,23)24/h7-10,25H,3-6H2,1-2H3. The van der Waals surface area contributed by atoms with Crippen LogP contribution in [0.3, 0.4) is 0 Å². The number of carbonyl (C=O) groups is 1. The first-order valence-electron chi connectivity index (χ1n) is 8.98. The van der Waals surface area contributed by atoms with E-state index in [-0.39, 0.29) is 11.0 Å². The van der Waals surface area contributed by atoms with Gasteiger partial charge in [-0.05, 0) is 47.7 Å². The highest BCUT2D eigenvalue weighted by Gasteiger charge is 2.43. The first-order valence-corrected chi connectivity index (χ1v) is 8.98. The highest BCUT2D eigenvalue weighted by Crippen LogP contribution is 2.36. The lowest BCUT2D eigenvalue weighted by Gasteiger charge is -2.12. The van der Waals surface area contributed by atoms with Crippen LogP contribution in [0.15, 0.2) is 33.5 Å². The summed E-state index contributed by atoms with van der Waals surface area (Å²) in [5.74, 6) is -3.42. The van der Waals surface area contributed by atoms with Crippen LogP contribution in [0.4, 0.5) is 13.2 Å². The van der Waals surface area contributed by atoms with E-state index in [9.17, 15) is 27.9 Å². The number of ketones is 1. The molecule has 0 aliphatic rings. The van der Waals surface area contributed by atoms with E-state index < -0.39 is 28.9 Å². The Morgan fingerprint density at radius 3 is 2.54 bits per heavy atom. The average Bonchev–Trinajstić information content (AvgIpc) is 2.61. The number of unbranched alkanes of at least 4 members (excludes halogenated alkanes) is 2. The molecule has 0 unspecified atom stereocenters. The maximum atomic E-state index is 12.9. The number of hydrogen-bond acceptors (Lipinski definition) is 4. The second-order valence-corrected chi connectivity index (χ2v) is 6.84. The molecule has 0 fully saturated rings. The Hall–Kier alpha value is -2.83. The molecule has 0 amide bonds. The Balaban J connectivity index is 2.31. The van der Waals surface area contributed by atoms with Crippen LogP contribution in [-0.4, -0.2) is 17.1 Å². The van der Waals surface area contributed by atoms with E-state index in [1.54, 1.807) is 12.1 Å². The Morgan fingerprint density at radius 1 is 1.18 bits per heavy atom. The summed E-state index contributed by atoms with van der Waals surface area (Å²) in [6.07, 6.45) is -1.49. The van der Waals surface area contributed by atoms with Crippen molar-refractivity contribution in [2.75, 3.05) is 0 Å². The largest absolute Gasteiger partial charge is 0.506 e. The molecule has 0 aliphatic heterocycles. The Labute approximate surface area is 158 Å². The molecule has 3 rings (SSSR count). The van der Waals surface area contributed by atoms with Crippen LogP contribution in [0.25, 0.3) is 21.7 Å². The molecule has 3 aromatic rings. The Morgan fingerprint density at radius 2 is 1.89 bits per heavy atom. The van der Waals surface area contributed by atoms with Gasteiger partial charge in [-0.2, -0.15) is 13.2 Å². The summed E-state index contributed by atoms with van der Waals surface area (Å²) in [6.45, 7) is 4.02. The second kappa shape index (κ2) is 7.30. The van der Waals surface area contributed by atoms with Crippen LogP contribution >= 0.6 is 0 Å². The van der Waals surface area contributed by atoms with Crippen molar-refractivity contribution in [3.63, 3.8) is 0 Å². The zero-order chi connectivity index (χ0) is 20.6. The molecular weight excluding hydrogens is 373 g/mol. The van der Waals surface area contributed by atoms with Gasteiger partial charge in [-0.3, -0.25) is 4.79 Å². The third kappa shape index (κ3) is 3.48. The molecule has 0 bridgehead atoms. The highest BCUT2D eigenvalue weighted by molar-refractivity contribution is 6.13. The van der Waals surface area contributed by atoms with Gasteiger partial charge in [0, 0.05) is 0 Å². The number of Topliss-reactive ketones (excluding diaryl/α,β-unsaturated/α-hetero) is 1. The third-order valence-corrected chi connectivity index (χ3v) is 4.85. The summed E-state index contributed by atoms with van der Waals surface area (Å²) in [5, 5.41) is 11.5. The predicted octanol–water partition coefficient (Wildman–Crippen LogP) is 5.44. The quantitative estimate of drug-likeness (QED) is 0.272. The van der Waals surface area contributed by atoms with Gasteiger partial charge in [0.2, 0.25) is 0 Å². The smallest absolute Gasteiger partial charge is 0.455 e. The minimum absolute atomic E-state index is 0.0681. The van der Waals surface area contributed by atoms with Crippen molar-refractivity contribution in [3.8, 4) is 5.75 Å². The number of alkyl halides is 3. The summed E-state index contributed by atoms with van der Waals surface area (Å²) in [5.41, 5.74) is -0.964. The van der Waals surface area contributed by atoms with Gasteiger partial charge < -0.3 is 9.52 Å². The SMILES string of the molecule is CCCCCc1cc2c(ccc3oc(=O)c(C(=O)C(F)(F)F)c(O)c32)cc1C. The van der Waals surface area contributed by atoms with Gasteiger partial charge in [0.15, 0.2) is 5.56 Å². The molecule has 2 aromatic carbocycles. The molecule has 0 aliphatic carbocycles. The Bertz CT molecular complexity index is 1130. The fourth-order valence-electron chi connectivity index (χ4n) is 3.39. The molecule has 4 nitrogen and oxygen atoms in total. The monoisotopic (exact) mass is 392 g/mol. The highest BCUT2D eigenvalue weighted by atomic mass is 19.4. The molecule has 1 heterocycles. The maximum absolute atomic E-state index is 12.9. The number of fused-ring (bicyclic) bond motifs is 3. The molecule has 7 heteroatoms. The first kappa shape index (κ1) is 19.9. The van der Waals surface area contributed by atoms with Crippen molar-refractivity contribution in [1.82, 2.24) is 0 Å². The van der Waals surface area contributed by atoms with Gasteiger partial charge in [0.25, 0.3) is 5.78 Å². The number of carbonyl (C=O) groups excluding carboxylic acids is 1. The molecule has 1 N–H and O–H groups in total. The lowest BCUT2D eigenvalue weighted by atomic mass is 9.95. The van der Waals surface area contributed by atoms with Crippen LogP contribution in [-0.2, 0) is 6.42 Å². The molecule has 0 saturated carbocycles. The van der Waals surface area contributed by atoms with Crippen molar-refractivity contribution in [3.05, 3.63) is 51.4 Å². The fraction of sp³-hybridized carbons (Fsp3) is 0.333. The van der Waals surface area contributed by atoms with Gasteiger partial charge in [0.1, 0.15) is 11.3 Å². The van der Waals surface area contributed by atoms with Crippen molar-refractivity contribution in [1.29, 1.82) is 0 Å². The van der Waals surface area contributed by atoms with Crippen LogP contribution in [0, 0.1) is 6.92 Å². The number of benzene rings is 2. The van der Waals surface area contributed by atoms with E-state index in [1.165, 1.54) is 6.07 Å². The summed E-state index contributed by atoms with van der Waals surface area (Å²) in [7, 11) is 0. The number of aryl methyl sites for hydroxylation is 2. The van der Waals surface area contributed by atoms with E-state index in [2.05, 4.69) is 6.92 Å². The van der Waals surface area contributed by atoms with Gasteiger partial charge in [0.05, 0.1) is 5.39 Å². The summed E-state index contributed by atoms with van der Waals surface area (Å²) >= 11 is 0. The molecule has 0 atom stereocenters. The molecule has 148 valence electrons. The van der Waals surface area contributed by atoms with E-state index in [0.717, 1.165) is 36.8 Å². The second-order valence-electron chi connectivity index (χ2n) is 6.84. The van der Waals surface area contributed by atoms with E-state index in [1.807, 2.05) is 13.0 Å². The van der Waals surface area contributed by atoms with E-state index in [4.69, 9.17) is 4.42 Å². The van der Waals surface area contributed by atoms with Crippen molar-refractivity contribution in [2.45, 2.75) is 45.7 Å². The molecule has 0 spiro atoms. The number of hydrogen-bond donors (Lipinski definition) is 1. The molecule has 0 saturated heterocycles. The minimum Gasteiger partial charge on any atom is -0.506 e. The van der Waals surface area contributed by atoms with Gasteiger partial charge >= 0.3 is 11.8 Å². The predicted molar refractivity (Wildman–Crippen MR) is 100 cm³/mol. The topological polar surface area (TPSA) is 67.5 Å². The molecular formula is C21H19F3O4. The number of rotatable bonds is 5. The number of aromatic hydroxyl groups is 1. The maximum Gasteiger partial charge on any atom is 0.455 e. The van der Waals surface area contributed by atoms with E-state index >= 15 is 0 Å². The summed E-state index contributed by atoms with van der Waals surface area (Å²) in [4.78, 5) is 23.6. The van der Waals surface area contributed by atoms with Crippen molar-refractivity contribution < 1.29 is 27.5 Å². The Kier molecular flexibility index (Phi) is 5.19. The van der Waals surface area contributed by atoms with Gasteiger partial charge in [-0.1, -0.05) is 38.0 Å². The zero-order valence-electron chi connectivity index (χ0n) is 15.4. The minimum atomic E-state index is -5.30. The van der Waals surface area contributed by atoms with Crippen LogP contribution in [0.2, 0.25) is 0 Å². The first-order chi connectivity index (χ1) is 13.1. The normalized spacial score (nSPS) is 12.0. The van der Waals surface area contributed by atoms with Gasteiger partial charge in [-0.25, -0.2) is 4.79 Å². The summed E-state index contributed by atoms with van der Waals surface area (Å²) < 4.78 is 43.5. The van der Waals surface area contributed by atoms with Crippen molar-refractivity contribution >= 4 is 27.5 Å². The summed E-state index contributed by atoms with van der Waals surface area (Å²) in [6, 6.07) is 6.71. The lowest BCUT2D eigenvalue weighted by Crippen LogP contribution is -2.28. The molecule has 1 aromatic heterocycles. The fourth-order valence-corrected chi connectivity index (χ4v) is 3.39. The zero-order valence-corrected chi connectivity index (χ0v) is 15.4. The van der Waals surface area contributed by atoms with Crippen LogP contribution in [0.5, 0.6) is 5.75 Å². The van der Waals surface area contributed by atoms with Gasteiger partial charge in [-0.15, -0.1) is 0 Å². The van der Waals surface area contributed by atoms with E-state index in [0.29, 0.717) is 10.8 Å². The lowest BCUT2D eigenvalue weighted by molar-refractivity contribution is -0.0888. The van der Waals surface area contributed by atoms with Crippen LogP contribution < -0.4 is 5.63 Å². The van der Waals surface area contributed by atoms with Crippen LogP contribution in [0.1, 0.15) is 47.7 Å². The number of halogens is 3.